The Hall–Kier alpha value is -9.34. The largest absolute Gasteiger partial charge is 0.309 e. The van der Waals surface area contributed by atoms with Crippen LogP contribution in [-0.2, 0) is 10.8 Å². The SMILES string of the molecule is c1ccc(-c2cc(-c3ccccc3)cc([Si](c3ccccc3)(c3ccccc3)c3ccc4c(c3)-n3c5ccccc5c5cccc(c53)C43c4ccccc4C(c4ccccc4)(c4ccccc4)c4ccccc43)c2)cc1. The standard InChI is InChI=1S/C74H51NSi/c1-7-26-52(27-8-1)54-48-55(53-28-9-2-10-29-53)50-61(49-54)76(58-34-15-5-16-35-58,59-36-17-6-18-37-59)60-46-47-68-71(51-60)75-70-45-24-19-38-62(70)63-39-25-44-69(72(63)75)74(68)66-42-22-20-40-64(66)73(56-30-11-3-12-31-56,57-32-13-4-14-33-57)65-41-21-23-43-67(65)74/h1-51H. The van der Waals surface area contributed by atoms with Crippen LogP contribution in [-0.4, -0.2) is 12.6 Å². The minimum Gasteiger partial charge on any atom is -0.309 e. The molecule has 2 heteroatoms. The van der Waals surface area contributed by atoms with Crippen molar-refractivity contribution in [2.24, 2.45) is 0 Å². The van der Waals surface area contributed by atoms with Gasteiger partial charge in [0.05, 0.1) is 27.6 Å². The van der Waals surface area contributed by atoms with Crippen molar-refractivity contribution >= 4 is 50.6 Å². The van der Waals surface area contributed by atoms with Gasteiger partial charge >= 0.3 is 0 Å². The summed E-state index contributed by atoms with van der Waals surface area (Å²) in [5, 5.41) is 7.85. The molecule has 76 heavy (non-hydrogen) atoms. The number of nitrogens with zero attached hydrogens (tertiary/aromatic N) is 1. The fraction of sp³-hybridized carbons (Fsp3) is 0.0270. The van der Waals surface area contributed by atoms with E-state index in [1.54, 1.807) is 0 Å². The van der Waals surface area contributed by atoms with Gasteiger partial charge in [-0.1, -0.05) is 291 Å². The van der Waals surface area contributed by atoms with E-state index in [0.29, 0.717) is 0 Å². The predicted octanol–water partition coefficient (Wildman–Crippen LogP) is 14.9. The molecule has 0 unspecified atom stereocenters. The Morgan fingerprint density at radius 2 is 0.671 bits per heavy atom. The average molecular weight is 982 g/mol. The molecule has 1 aromatic heterocycles. The molecular weight excluding hydrogens is 931 g/mol. The van der Waals surface area contributed by atoms with E-state index in [-0.39, 0.29) is 0 Å². The molecule has 0 bridgehead atoms. The second-order valence-corrected chi connectivity index (χ2v) is 24.4. The van der Waals surface area contributed by atoms with Crippen molar-refractivity contribution in [3.05, 3.63) is 354 Å². The van der Waals surface area contributed by atoms with E-state index in [0.717, 1.165) is 0 Å². The summed E-state index contributed by atoms with van der Waals surface area (Å²) < 4.78 is 2.64. The van der Waals surface area contributed by atoms with Crippen molar-refractivity contribution in [1.82, 2.24) is 4.57 Å². The minimum atomic E-state index is -3.24. The van der Waals surface area contributed by atoms with Crippen LogP contribution in [0.1, 0.15) is 44.5 Å². The average Bonchev–Trinajstić information content (AvgIpc) is 3.90. The van der Waals surface area contributed by atoms with Crippen molar-refractivity contribution in [3.8, 4) is 27.9 Å². The second kappa shape index (κ2) is 17.4. The topological polar surface area (TPSA) is 4.93 Å². The Balaban J connectivity index is 1.11. The Morgan fingerprint density at radius 3 is 1.20 bits per heavy atom. The Kier molecular flexibility index (Phi) is 10.1. The molecule has 0 saturated carbocycles. The summed E-state index contributed by atoms with van der Waals surface area (Å²) in [5.41, 5.74) is 17.5. The van der Waals surface area contributed by atoms with Gasteiger partial charge in [-0.3, -0.25) is 0 Å². The maximum absolute atomic E-state index is 3.24. The predicted molar refractivity (Wildman–Crippen MR) is 319 cm³/mol. The Morgan fingerprint density at radius 1 is 0.250 bits per heavy atom. The summed E-state index contributed by atoms with van der Waals surface area (Å²) in [5.74, 6) is 0. The van der Waals surface area contributed by atoms with Crippen LogP contribution in [0.4, 0.5) is 0 Å². The van der Waals surface area contributed by atoms with Crippen LogP contribution in [0.25, 0.3) is 49.7 Å². The van der Waals surface area contributed by atoms with Gasteiger partial charge in [-0.25, -0.2) is 0 Å². The molecule has 2 heterocycles. The van der Waals surface area contributed by atoms with Crippen molar-refractivity contribution < 1.29 is 0 Å². The summed E-state index contributed by atoms with van der Waals surface area (Å²) in [6, 6.07) is 117. The fourth-order valence-corrected chi connectivity index (χ4v) is 18.9. The van der Waals surface area contributed by atoms with Gasteiger partial charge in [-0.05, 0) is 106 Å². The van der Waals surface area contributed by atoms with E-state index in [1.165, 1.54) is 115 Å². The monoisotopic (exact) mass is 981 g/mol. The molecule has 0 radical (unpaired) electrons. The molecule has 2 aliphatic rings. The maximum Gasteiger partial charge on any atom is 0.179 e. The molecule has 356 valence electrons. The molecular formula is C74H51NSi. The molecule has 0 atom stereocenters. The zero-order valence-corrected chi connectivity index (χ0v) is 42.9. The first-order valence-corrected chi connectivity index (χ1v) is 28.6. The summed E-state index contributed by atoms with van der Waals surface area (Å²) in [6.07, 6.45) is 0. The third kappa shape index (κ3) is 6.13. The fourth-order valence-electron chi connectivity index (χ4n) is 14.1. The quantitative estimate of drug-likeness (QED) is 0.106. The van der Waals surface area contributed by atoms with Gasteiger partial charge in [0.15, 0.2) is 8.07 Å². The number of rotatable bonds is 8. The highest BCUT2D eigenvalue weighted by molar-refractivity contribution is 7.20. The van der Waals surface area contributed by atoms with E-state index >= 15 is 0 Å². The molecule has 15 rings (SSSR count). The summed E-state index contributed by atoms with van der Waals surface area (Å²) in [6.45, 7) is 0. The number of para-hydroxylation sites is 2. The summed E-state index contributed by atoms with van der Waals surface area (Å²) in [7, 11) is -3.24. The van der Waals surface area contributed by atoms with E-state index in [9.17, 15) is 0 Å². The molecule has 1 aliphatic heterocycles. The number of benzene rings is 12. The number of hydrogen-bond donors (Lipinski definition) is 0. The van der Waals surface area contributed by atoms with Crippen LogP contribution in [0.15, 0.2) is 309 Å². The molecule has 13 aromatic rings. The van der Waals surface area contributed by atoms with Gasteiger partial charge in [0.25, 0.3) is 0 Å². The lowest BCUT2D eigenvalue weighted by atomic mass is 9.50. The van der Waals surface area contributed by atoms with Crippen molar-refractivity contribution in [1.29, 1.82) is 0 Å². The van der Waals surface area contributed by atoms with Gasteiger partial charge in [0.1, 0.15) is 0 Å². The molecule has 12 aromatic carbocycles. The highest BCUT2D eigenvalue weighted by Gasteiger charge is 2.56. The lowest BCUT2D eigenvalue weighted by molar-refractivity contribution is 0.610. The maximum atomic E-state index is 2.64. The molecule has 1 nitrogen and oxygen atoms in total. The molecule has 0 N–H and O–H groups in total. The number of hydrogen-bond acceptors (Lipinski definition) is 0. The highest BCUT2D eigenvalue weighted by atomic mass is 28.3. The Labute approximate surface area is 445 Å². The molecule has 0 saturated heterocycles. The van der Waals surface area contributed by atoms with E-state index in [4.69, 9.17) is 0 Å². The first kappa shape index (κ1) is 44.2. The van der Waals surface area contributed by atoms with Gasteiger partial charge in [-0.2, -0.15) is 0 Å². The smallest absolute Gasteiger partial charge is 0.179 e. The third-order valence-electron chi connectivity index (χ3n) is 17.1. The van der Waals surface area contributed by atoms with Crippen LogP contribution in [0.2, 0.25) is 0 Å². The molecule has 0 fully saturated rings. The minimum absolute atomic E-state index is 0.609. The van der Waals surface area contributed by atoms with Gasteiger partial charge in [0, 0.05) is 10.8 Å². The van der Waals surface area contributed by atoms with E-state index in [1.807, 2.05) is 0 Å². The van der Waals surface area contributed by atoms with Crippen LogP contribution in [0, 0.1) is 0 Å². The molecule has 1 spiro atoms. The van der Waals surface area contributed by atoms with Crippen molar-refractivity contribution in [2.45, 2.75) is 10.8 Å². The van der Waals surface area contributed by atoms with Crippen LogP contribution < -0.4 is 20.7 Å². The van der Waals surface area contributed by atoms with Crippen molar-refractivity contribution in [2.75, 3.05) is 0 Å². The summed E-state index contributed by atoms with van der Waals surface area (Å²) in [4.78, 5) is 0. The normalized spacial score (nSPS) is 13.7. The van der Waals surface area contributed by atoms with E-state index in [2.05, 4.69) is 314 Å². The third-order valence-corrected chi connectivity index (χ3v) is 21.8. The van der Waals surface area contributed by atoms with Crippen LogP contribution in [0.5, 0.6) is 0 Å². The lowest BCUT2D eigenvalue weighted by Gasteiger charge is -2.52. The molecule has 0 amide bonds. The first-order chi connectivity index (χ1) is 37.7. The first-order valence-electron chi connectivity index (χ1n) is 26.6. The Bertz CT molecular complexity index is 4130. The number of fused-ring (bicyclic) bond motifs is 11. The van der Waals surface area contributed by atoms with Crippen molar-refractivity contribution in [3.63, 3.8) is 0 Å². The van der Waals surface area contributed by atoms with E-state index < -0.39 is 18.9 Å². The van der Waals surface area contributed by atoms with Crippen LogP contribution in [0.3, 0.4) is 0 Å². The number of aromatic nitrogens is 1. The lowest BCUT2D eigenvalue weighted by Crippen LogP contribution is -2.74. The van der Waals surface area contributed by atoms with Gasteiger partial charge in [0.2, 0.25) is 0 Å². The summed E-state index contributed by atoms with van der Waals surface area (Å²) >= 11 is 0. The zero-order chi connectivity index (χ0) is 50.3. The highest BCUT2D eigenvalue weighted by Crippen LogP contribution is 2.63. The zero-order valence-electron chi connectivity index (χ0n) is 41.9. The second-order valence-electron chi connectivity index (χ2n) is 20.6. The van der Waals surface area contributed by atoms with Gasteiger partial charge in [-0.15, -0.1) is 0 Å². The van der Waals surface area contributed by atoms with Crippen LogP contribution >= 0.6 is 0 Å². The molecule has 1 aliphatic carbocycles. The van der Waals surface area contributed by atoms with Gasteiger partial charge < -0.3 is 4.57 Å².